The molecular formula is C28H21Cl2N9O12S4. The summed E-state index contributed by atoms with van der Waals surface area (Å²) in [6, 6.07) is 8.93. The van der Waals surface area contributed by atoms with Crippen LogP contribution < -0.4 is 11.1 Å². The molecule has 5 aromatic rings. The van der Waals surface area contributed by atoms with Gasteiger partial charge >= 0.3 is 0 Å². The average molecular weight is 875 g/mol. The lowest BCUT2D eigenvalue weighted by Crippen LogP contribution is -2.04. The van der Waals surface area contributed by atoms with Gasteiger partial charge in [0.15, 0.2) is 15.6 Å². The molecule has 0 aliphatic carbocycles. The molecule has 27 heteroatoms. The molecule has 0 aliphatic rings. The van der Waals surface area contributed by atoms with Crippen LogP contribution in [0.4, 0.5) is 40.1 Å². The summed E-state index contributed by atoms with van der Waals surface area (Å²) in [5.74, 6) is -1.77. The molecule has 1 heterocycles. The van der Waals surface area contributed by atoms with E-state index in [2.05, 4.69) is 47.3 Å². The third-order valence-corrected chi connectivity index (χ3v) is 11.6. The van der Waals surface area contributed by atoms with Crippen LogP contribution in [0.25, 0.3) is 10.8 Å². The number of rotatable bonds is 12. The number of anilines is 3. The number of nitrogens with zero attached hydrogens (tertiary/aromatic N) is 7. The summed E-state index contributed by atoms with van der Waals surface area (Å²) in [6.07, 6.45) is 1.18. The van der Waals surface area contributed by atoms with Gasteiger partial charge < -0.3 is 16.2 Å². The zero-order valence-electron chi connectivity index (χ0n) is 26.8. The lowest BCUT2D eigenvalue weighted by atomic mass is 10.1. The van der Waals surface area contributed by atoms with Gasteiger partial charge in [0.2, 0.25) is 16.5 Å². The van der Waals surface area contributed by atoms with E-state index >= 15 is 0 Å². The Bertz CT molecular complexity index is 2910. The molecular weight excluding hydrogens is 854 g/mol. The van der Waals surface area contributed by atoms with E-state index in [9.17, 15) is 52.4 Å². The van der Waals surface area contributed by atoms with Crippen LogP contribution in [0.5, 0.6) is 5.75 Å². The Hall–Kier alpha value is -5.25. The van der Waals surface area contributed by atoms with Crippen molar-refractivity contribution in [2.45, 2.75) is 19.6 Å². The van der Waals surface area contributed by atoms with Crippen molar-refractivity contribution in [2.75, 3.05) is 16.8 Å². The van der Waals surface area contributed by atoms with Gasteiger partial charge in [-0.1, -0.05) is 6.08 Å². The highest BCUT2D eigenvalue weighted by Gasteiger charge is 2.28. The molecule has 0 fully saturated rings. The fraction of sp³-hybridized carbons (Fsp3) is 0.0357. The third kappa shape index (κ3) is 9.18. The van der Waals surface area contributed by atoms with Crippen molar-refractivity contribution in [3.05, 3.63) is 77.8 Å². The van der Waals surface area contributed by atoms with Crippen LogP contribution in [-0.4, -0.2) is 73.1 Å². The summed E-state index contributed by atoms with van der Waals surface area (Å²) in [4.78, 5) is 7.92. The SMILES string of the molecule is C=CCS(=O)(=O)c1ccc(N=Nc2c(S(=O)(=O)O)cc3cc(S(=O)(=O)O)c(N=Nc4cc(Nc5nc(Cl)nc(Cl)n5)ccc4S(=O)(=O)O)c(O)c3c2N)cc1. The van der Waals surface area contributed by atoms with E-state index in [0.29, 0.717) is 12.1 Å². The summed E-state index contributed by atoms with van der Waals surface area (Å²) < 4.78 is 129. The topological polar surface area (TPSA) is 344 Å². The average Bonchev–Trinajstić information content (AvgIpc) is 3.05. The van der Waals surface area contributed by atoms with Gasteiger partial charge in [-0.25, -0.2) is 8.42 Å². The van der Waals surface area contributed by atoms with Crippen LogP contribution in [0.3, 0.4) is 0 Å². The molecule has 0 saturated heterocycles. The second kappa shape index (κ2) is 15.1. The smallest absolute Gasteiger partial charge is 0.296 e. The van der Waals surface area contributed by atoms with Crippen molar-refractivity contribution in [1.29, 1.82) is 0 Å². The zero-order valence-corrected chi connectivity index (χ0v) is 31.6. The highest BCUT2D eigenvalue weighted by Crippen LogP contribution is 2.48. The van der Waals surface area contributed by atoms with E-state index in [1.807, 2.05) is 0 Å². The maximum Gasteiger partial charge on any atom is 0.296 e. The Morgan fingerprint density at radius 2 is 1.27 bits per heavy atom. The van der Waals surface area contributed by atoms with Crippen molar-refractivity contribution >= 4 is 114 Å². The summed E-state index contributed by atoms with van der Waals surface area (Å²) >= 11 is 11.5. The van der Waals surface area contributed by atoms with Crippen molar-refractivity contribution in [2.24, 2.45) is 20.5 Å². The van der Waals surface area contributed by atoms with E-state index in [-0.39, 0.29) is 38.5 Å². The van der Waals surface area contributed by atoms with Crippen LogP contribution in [0.1, 0.15) is 0 Å². The molecule has 5 rings (SSSR count). The van der Waals surface area contributed by atoms with Gasteiger partial charge in [-0.05, 0) is 83.2 Å². The number of phenols is 1. The van der Waals surface area contributed by atoms with E-state index in [1.54, 1.807) is 0 Å². The monoisotopic (exact) mass is 873 g/mol. The number of fused-ring (bicyclic) bond motifs is 1. The predicted octanol–water partition coefficient (Wildman–Crippen LogP) is 5.89. The van der Waals surface area contributed by atoms with Crippen LogP contribution in [0.15, 0.2) is 107 Å². The standard InChI is InChI=1S/C28H21Cl2N9O12S4/c1-2-9-52(41,42)16-6-3-14(4-7-16)36-38-23-19(54(46,47)48)10-13-11-20(55(49,50)51)24(25(40)21(13)22(23)31)39-37-17-12-15(5-8-18(17)53(43,44)45)32-28-34-26(29)33-27(30)35-28/h2-8,10-12,40H,1,9,31H2,(H,43,44,45)(H,46,47,48)(H,49,50,51)(H,32,33,34,35). The van der Waals surface area contributed by atoms with Crippen LogP contribution in [-0.2, 0) is 40.2 Å². The van der Waals surface area contributed by atoms with Gasteiger partial charge in [-0.2, -0.15) is 45.3 Å². The minimum atomic E-state index is -5.37. The largest absolute Gasteiger partial charge is 0.505 e. The van der Waals surface area contributed by atoms with Crippen molar-refractivity contribution in [3.63, 3.8) is 0 Å². The first-order valence-electron chi connectivity index (χ1n) is 14.3. The number of nitrogens with one attached hydrogen (secondary N) is 1. The number of aromatic nitrogens is 3. The molecule has 7 N–H and O–H groups in total. The van der Waals surface area contributed by atoms with Gasteiger partial charge in [0, 0.05) is 5.69 Å². The molecule has 1 aromatic heterocycles. The molecule has 21 nitrogen and oxygen atoms in total. The second-order valence-electron chi connectivity index (χ2n) is 10.7. The first-order chi connectivity index (χ1) is 25.5. The minimum Gasteiger partial charge on any atom is -0.505 e. The lowest BCUT2D eigenvalue weighted by Gasteiger charge is -2.14. The van der Waals surface area contributed by atoms with Crippen molar-refractivity contribution < 1.29 is 52.4 Å². The summed E-state index contributed by atoms with van der Waals surface area (Å²) in [6.45, 7) is 3.38. The second-order valence-corrected chi connectivity index (χ2v) is 17.6. The first-order valence-corrected chi connectivity index (χ1v) is 21.0. The molecule has 0 radical (unpaired) electrons. The molecule has 55 heavy (non-hydrogen) atoms. The summed E-state index contributed by atoms with van der Waals surface area (Å²) in [7, 11) is -19.4. The number of phenolic OH excluding ortho intramolecular Hbond substituents is 1. The molecule has 4 aromatic carbocycles. The van der Waals surface area contributed by atoms with Crippen LogP contribution in [0.2, 0.25) is 10.6 Å². The maximum absolute atomic E-state index is 12.5. The third-order valence-electron chi connectivity index (χ3n) is 7.00. The summed E-state index contributed by atoms with van der Waals surface area (Å²) in [5, 5.41) is 27.2. The highest BCUT2D eigenvalue weighted by molar-refractivity contribution is 7.91. The summed E-state index contributed by atoms with van der Waals surface area (Å²) in [5.41, 5.74) is 2.86. The van der Waals surface area contributed by atoms with Gasteiger partial charge in [0.1, 0.15) is 31.7 Å². The van der Waals surface area contributed by atoms with Crippen molar-refractivity contribution in [3.8, 4) is 5.75 Å². The molecule has 0 unspecified atom stereocenters. The Labute approximate surface area is 320 Å². The van der Waals surface area contributed by atoms with E-state index < -0.39 is 94.1 Å². The zero-order chi connectivity index (χ0) is 40.7. The van der Waals surface area contributed by atoms with Gasteiger partial charge in [-0.3, -0.25) is 13.7 Å². The fourth-order valence-corrected chi connectivity index (χ4v) is 8.04. The number of sulfone groups is 1. The molecule has 0 amide bonds. The van der Waals surface area contributed by atoms with Crippen molar-refractivity contribution in [1.82, 2.24) is 15.0 Å². The Kier molecular flexibility index (Phi) is 11.2. The number of aromatic hydroxyl groups is 1. The normalized spacial score (nSPS) is 12.8. The Morgan fingerprint density at radius 1 is 0.727 bits per heavy atom. The Morgan fingerprint density at radius 3 is 1.82 bits per heavy atom. The Balaban J connectivity index is 1.70. The highest BCUT2D eigenvalue weighted by atomic mass is 35.5. The van der Waals surface area contributed by atoms with Crippen LogP contribution >= 0.6 is 23.2 Å². The fourth-order valence-electron chi connectivity index (χ4n) is 4.69. The number of nitrogen functional groups attached to an aromatic ring is 1. The predicted molar refractivity (Wildman–Crippen MR) is 196 cm³/mol. The van der Waals surface area contributed by atoms with Gasteiger partial charge in [0.05, 0.1) is 27.4 Å². The number of hydrogen-bond acceptors (Lipinski definition) is 18. The number of benzene rings is 4. The number of halogens is 2. The van der Waals surface area contributed by atoms with E-state index in [4.69, 9.17) is 28.9 Å². The molecule has 0 bridgehead atoms. The molecule has 0 spiro atoms. The number of nitrogens with two attached hydrogens (primary N) is 1. The minimum absolute atomic E-state index is 0.0255. The first kappa shape index (κ1) is 40.9. The van der Waals surface area contributed by atoms with Gasteiger partial charge in [0.25, 0.3) is 30.4 Å². The lowest BCUT2D eigenvalue weighted by molar-refractivity contribution is 0.472. The van der Waals surface area contributed by atoms with Crippen LogP contribution in [0, 0.1) is 0 Å². The van der Waals surface area contributed by atoms with E-state index in [0.717, 1.165) is 18.2 Å². The van der Waals surface area contributed by atoms with Gasteiger partial charge in [-0.15, -0.1) is 21.9 Å². The molecule has 288 valence electrons. The molecule has 0 saturated carbocycles. The number of azo groups is 2. The molecule has 0 atom stereocenters. The molecule has 0 aliphatic heterocycles. The quantitative estimate of drug-likeness (QED) is 0.0368. The number of hydrogen-bond donors (Lipinski definition) is 6. The van der Waals surface area contributed by atoms with E-state index in [1.165, 1.54) is 30.3 Å². The maximum atomic E-state index is 12.5.